The Morgan fingerprint density at radius 1 is 1.35 bits per heavy atom. The molecule has 0 radical (unpaired) electrons. The third-order valence-corrected chi connectivity index (χ3v) is 2.67. The van der Waals surface area contributed by atoms with Crippen molar-refractivity contribution in [2.75, 3.05) is 0 Å². The lowest BCUT2D eigenvalue weighted by Crippen LogP contribution is -2.36. The quantitative estimate of drug-likeness (QED) is 0.524. The zero-order valence-corrected chi connectivity index (χ0v) is 10.9. The maximum Gasteiger partial charge on any atom is 0.294 e. The van der Waals surface area contributed by atoms with Gasteiger partial charge in [0, 0.05) is 12.5 Å². The average Bonchev–Trinajstić information content (AvgIpc) is 2.15. The number of carbonyl (C=O) groups excluding carboxylic acids is 1. The summed E-state index contributed by atoms with van der Waals surface area (Å²) < 4.78 is 0. The van der Waals surface area contributed by atoms with Gasteiger partial charge >= 0.3 is 0 Å². The van der Waals surface area contributed by atoms with Crippen LogP contribution in [0.5, 0.6) is 0 Å². The fourth-order valence-corrected chi connectivity index (χ4v) is 1.24. The summed E-state index contributed by atoms with van der Waals surface area (Å²) in [6.07, 6.45) is 1.01. The molecular formula is C11H22N2O4. The Labute approximate surface area is 102 Å². The number of hydrogen-bond donors (Lipinski definition) is 1. The number of rotatable bonds is 8. The second-order valence-corrected chi connectivity index (χ2v) is 4.63. The van der Waals surface area contributed by atoms with E-state index in [-0.39, 0.29) is 11.9 Å². The van der Waals surface area contributed by atoms with E-state index in [0.29, 0.717) is 25.2 Å². The van der Waals surface area contributed by atoms with E-state index in [4.69, 9.17) is 0 Å². The second kappa shape index (κ2) is 7.86. The van der Waals surface area contributed by atoms with Gasteiger partial charge in [-0.15, -0.1) is 10.1 Å². The van der Waals surface area contributed by atoms with E-state index in [0.717, 1.165) is 0 Å². The summed E-state index contributed by atoms with van der Waals surface area (Å²) >= 11 is 0. The van der Waals surface area contributed by atoms with Crippen molar-refractivity contribution in [3.05, 3.63) is 10.1 Å². The minimum atomic E-state index is -0.800. The fourth-order valence-electron chi connectivity index (χ4n) is 1.24. The number of nitrogens with one attached hydrogen (secondary N) is 1. The molecule has 0 bridgehead atoms. The third-order valence-electron chi connectivity index (χ3n) is 2.67. The monoisotopic (exact) mass is 246 g/mol. The number of hydrogen-bond acceptors (Lipinski definition) is 4. The zero-order chi connectivity index (χ0) is 13.4. The highest BCUT2D eigenvalue weighted by atomic mass is 17.0. The van der Waals surface area contributed by atoms with Gasteiger partial charge in [-0.3, -0.25) is 4.79 Å². The fraction of sp³-hybridized carbons (Fsp3) is 0.909. The van der Waals surface area contributed by atoms with Gasteiger partial charge in [-0.05, 0) is 32.6 Å². The van der Waals surface area contributed by atoms with Crippen LogP contribution in [0.15, 0.2) is 0 Å². The molecule has 0 saturated carbocycles. The highest BCUT2D eigenvalue weighted by Gasteiger charge is 2.12. The lowest BCUT2D eigenvalue weighted by molar-refractivity contribution is -0.767. The normalized spacial score (nSPS) is 14.2. The lowest BCUT2D eigenvalue weighted by Gasteiger charge is -2.17. The average molecular weight is 246 g/mol. The predicted molar refractivity (Wildman–Crippen MR) is 63.8 cm³/mol. The van der Waals surface area contributed by atoms with Gasteiger partial charge in [0.1, 0.15) is 6.10 Å². The van der Waals surface area contributed by atoms with Crippen LogP contribution in [-0.2, 0) is 9.63 Å². The molecule has 0 aliphatic rings. The molecule has 17 heavy (non-hydrogen) atoms. The van der Waals surface area contributed by atoms with Gasteiger partial charge < -0.3 is 10.2 Å². The maximum atomic E-state index is 11.5. The van der Waals surface area contributed by atoms with Crippen molar-refractivity contribution < 1.29 is 14.7 Å². The summed E-state index contributed by atoms with van der Waals surface area (Å²) in [7, 11) is 0. The third kappa shape index (κ3) is 8.47. The van der Waals surface area contributed by atoms with Crippen molar-refractivity contribution >= 4 is 5.91 Å². The van der Waals surface area contributed by atoms with Gasteiger partial charge in [0.05, 0.1) is 0 Å². The molecule has 0 rings (SSSR count). The van der Waals surface area contributed by atoms with Gasteiger partial charge in [0.15, 0.2) is 0 Å². The highest BCUT2D eigenvalue weighted by Crippen LogP contribution is 2.06. The zero-order valence-electron chi connectivity index (χ0n) is 10.9. The maximum absolute atomic E-state index is 11.5. The van der Waals surface area contributed by atoms with E-state index in [1.54, 1.807) is 6.92 Å². The van der Waals surface area contributed by atoms with Crippen LogP contribution < -0.4 is 5.32 Å². The molecule has 0 aliphatic heterocycles. The van der Waals surface area contributed by atoms with E-state index < -0.39 is 11.2 Å². The standard InChI is InChI=1S/C11H22N2O4/c1-8(2)10(4)12-11(14)7-5-6-9(3)17-13(15)16/h8-10H,5-7H2,1-4H3,(H,12,14). The van der Waals surface area contributed by atoms with E-state index in [1.807, 2.05) is 20.8 Å². The Bertz CT molecular complexity index is 256. The van der Waals surface area contributed by atoms with Crippen LogP contribution in [0.3, 0.4) is 0 Å². The molecule has 0 heterocycles. The molecule has 6 nitrogen and oxygen atoms in total. The first-order valence-electron chi connectivity index (χ1n) is 5.93. The van der Waals surface area contributed by atoms with Crippen LogP contribution in [0.2, 0.25) is 0 Å². The largest absolute Gasteiger partial charge is 0.353 e. The second-order valence-electron chi connectivity index (χ2n) is 4.63. The molecule has 6 heteroatoms. The molecule has 2 unspecified atom stereocenters. The van der Waals surface area contributed by atoms with Crippen LogP contribution in [0.4, 0.5) is 0 Å². The molecule has 0 aromatic heterocycles. The molecule has 2 atom stereocenters. The van der Waals surface area contributed by atoms with E-state index in [1.165, 1.54) is 0 Å². The van der Waals surface area contributed by atoms with Gasteiger partial charge in [0.2, 0.25) is 5.91 Å². The molecular weight excluding hydrogens is 224 g/mol. The number of amides is 1. The molecule has 1 amide bonds. The summed E-state index contributed by atoms with van der Waals surface area (Å²) in [5, 5.41) is 12.1. The SMILES string of the molecule is CC(CCCC(=O)NC(C)C(C)C)O[N+](=O)[O-]. The van der Waals surface area contributed by atoms with Crippen LogP contribution in [-0.4, -0.2) is 23.1 Å². The van der Waals surface area contributed by atoms with Crippen molar-refractivity contribution in [1.29, 1.82) is 0 Å². The first-order valence-corrected chi connectivity index (χ1v) is 5.93. The van der Waals surface area contributed by atoms with Crippen molar-refractivity contribution in [1.82, 2.24) is 5.32 Å². The minimum absolute atomic E-state index is 0.0143. The summed E-state index contributed by atoms with van der Waals surface area (Å²) in [5.41, 5.74) is 0. The Hall–Kier alpha value is -1.33. The van der Waals surface area contributed by atoms with Crippen molar-refractivity contribution in [3.8, 4) is 0 Å². The van der Waals surface area contributed by atoms with Crippen LogP contribution >= 0.6 is 0 Å². The first-order chi connectivity index (χ1) is 7.82. The Kier molecular flexibility index (Phi) is 7.25. The molecule has 100 valence electrons. The Balaban J connectivity index is 3.67. The smallest absolute Gasteiger partial charge is 0.294 e. The highest BCUT2D eigenvalue weighted by molar-refractivity contribution is 5.76. The first kappa shape index (κ1) is 15.7. The van der Waals surface area contributed by atoms with Crippen LogP contribution in [0.1, 0.15) is 47.0 Å². The summed E-state index contributed by atoms with van der Waals surface area (Å²) in [4.78, 5) is 25.8. The molecule has 0 aliphatic carbocycles. The van der Waals surface area contributed by atoms with Crippen molar-refractivity contribution in [3.63, 3.8) is 0 Å². The van der Waals surface area contributed by atoms with E-state index in [9.17, 15) is 14.9 Å². The molecule has 0 aromatic carbocycles. The summed E-state index contributed by atoms with van der Waals surface area (Å²) in [6.45, 7) is 7.66. The lowest BCUT2D eigenvalue weighted by atomic mass is 10.1. The van der Waals surface area contributed by atoms with Crippen molar-refractivity contribution in [2.45, 2.75) is 59.1 Å². The minimum Gasteiger partial charge on any atom is -0.353 e. The predicted octanol–water partition coefficient (Wildman–Crippen LogP) is 1.91. The van der Waals surface area contributed by atoms with Gasteiger partial charge in [-0.25, -0.2) is 0 Å². The molecule has 0 spiro atoms. The molecule has 1 N–H and O–H groups in total. The number of carbonyl (C=O) groups is 1. The topological polar surface area (TPSA) is 81.5 Å². The molecule has 0 aromatic rings. The van der Waals surface area contributed by atoms with Gasteiger partial charge in [0.25, 0.3) is 5.09 Å². The summed E-state index contributed by atoms with van der Waals surface area (Å²) in [6, 6.07) is 0.148. The Morgan fingerprint density at radius 3 is 2.41 bits per heavy atom. The van der Waals surface area contributed by atoms with Gasteiger partial charge in [-0.2, -0.15) is 0 Å². The molecule has 0 saturated heterocycles. The van der Waals surface area contributed by atoms with Gasteiger partial charge in [-0.1, -0.05) is 13.8 Å². The van der Waals surface area contributed by atoms with E-state index >= 15 is 0 Å². The number of nitrogens with zero attached hydrogens (tertiary/aromatic N) is 1. The summed E-state index contributed by atoms with van der Waals surface area (Å²) in [5.74, 6) is 0.384. The van der Waals surface area contributed by atoms with Crippen LogP contribution in [0.25, 0.3) is 0 Å². The van der Waals surface area contributed by atoms with E-state index in [2.05, 4.69) is 10.2 Å². The van der Waals surface area contributed by atoms with Crippen LogP contribution in [0, 0.1) is 16.0 Å². The Morgan fingerprint density at radius 2 is 1.94 bits per heavy atom. The molecule has 0 fully saturated rings. The van der Waals surface area contributed by atoms with Crippen molar-refractivity contribution in [2.24, 2.45) is 5.92 Å².